The van der Waals surface area contributed by atoms with E-state index in [4.69, 9.17) is 10.5 Å². The smallest absolute Gasteiger partial charge is 0.118 e. The third kappa shape index (κ3) is 3.74. The van der Waals surface area contributed by atoms with Crippen molar-refractivity contribution >= 4 is 0 Å². The lowest BCUT2D eigenvalue weighted by Gasteiger charge is -2.35. The van der Waals surface area contributed by atoms with Crippen molar-refractivity contribution in [1.82, 2.24) is 4.90 Å². The van der Waals surface area contributed by atoms with Crippen LogP contribution in [0.4, 0.5) is 0 Å². The average Bonchev–Trinajstić information content (AvgIpc) is 2.75. The maximum Gasteiger partial charge on any atom is 0.118 e. The molecule has 3 heteroatoms. The second kappa shape index (κ2) is 7.09. The molecular weight excluding hydrogens is 248 g/mol. The van der Waals surface area contributed by atoms with Crippen LogP contribution in [0.3, 0.4) is 0 Å². The van der Waals surface area contributed by atoms with Crippen LogP contribution in [0, 0.1) is 0 Å². The summed E-state index contributed by atoms with van der Waals surface area (Å²) in [5.74, 6) is 0.891. The minimum absolute atomic E-state index is 0.253. The highest BCUT2D eigenvalue weighted by Crippen LogP contribution is 2.26. The Hall–Kier alpha value is -1.06. The number of rotatable bonds is 5. The molecule has 1 unspecified atom stereocenters. The van der Waals surface area contributed by atoms with E-state index in [-0.39, 0.29) is 5.54 Å². The Bertz CT molecular complexity index is 396. The van der Waals surface area contributed by atoms with Crippen molar-refractivity contribution in [1.29, 1.82) is 0 Å². The topological polar surface area (TPSA) is 38.5 Å². The molecule has 1 aliphatic heterocycles. The quantitative estimate of drug-likeness (QED) is 0.898. The molecule has 2 rings (SSSR count). The van der Waals surface area contributed by atoms with Crippen LogP contribution in [0.2, 0.25) is 0 Å². The van der Waals surface area contributed by atoms with Gasteiger partial charge in [-0.1, -0.05) is 31.9 Å². The number of likely N-dealkylation sites (tertiary alicyclic amines) is 1. The van der Waals surface area contributed by atoms with E-state index in [1.54, 1.807) is 7.11 Å². The molecule has 1 fully saturated rings. The molecule has 3 nitrogen and oxygen atoms in total. The first-order valence-corrected chi connectivity index (χ1v) is 7.84. The van der Waals surface area contributed by atoms with Crippen LogP contribution >= 0.6 is 0 Å². The van der Waals surface area contributed by atoms with E-state index < -0.39 is 0 Å². The minimum Gasteiger partial charge on any atom is -0.497 e. The van der Waals surface area contributed by atoms with E-state index in [9.17, 15) is 0 Å². The first-order valence-electron chi connectivity index (χ1n) is 7.84. The SMILES string of the molecule is CCC(N)(CN1CCCCCC1)c1ccc(OC)cc1. The van der Waals surface area contributed by atoms with Crippen molar-refractivity contribution in [3.8, 4) is 5.75 Å². The van der Waals surface area contributed by atoms with Gasteiger partial charge in [-0.3, -0.25) is 0 Å². The van der Waals surface area contributed by atoms with Crippen molar-refractivity contribution in [2.75, 3.05) is 26.7 Å². The zero-order valence-electron chi connectivity index (χ0n) is 12.9. The fourth-order valence-electron chi connectivity index (χ4n) is 3.02. The van der Waals surface area contributed by atoms with Gasteiger partial charge in [-0.15, -0.1) is 0 Å². The van der Waals surface area contributed by atoms with E-state index in [0.717, 1.165) is 18.7 Å². The largest absolute Gasteiger partial charge is 0.497 e. The third-order valence-electron chi connectivity index (χ3n) is 4.50. The number of nitrogens with two attached hydrogens (primary N) is 1. The molecule has 1 aromatic rings. The highest BCUT2D eigenvalue weighted by molar-refractivity contribution is 5.32. The van der Waals surface area contributed by atoms with Gasteiger partial charge in [0.1, 0.15) is 5.75 Å². The summed E-state index contributed by atoms with van der Waals surface area (Å²) in [4.78, 5) is 2.54. The second-order valence-electron chi connectivity index (χ2n) is 5.93. The van der Waals surface area contributed by atoms with Crippen LogP contribution in [-0.2, 0) is 5.54 Å². The molecule has 0 amide bonds. The first kappa shape index (κ1) is 15.3. The van der Waals surface area contributed by atoms with Crippen molar-refractivity contribution in [3.63, 3.8) is 0 Å². The molecule has 1 aromatic carbocycles. The fourth-order valence-corrected chi connectivity index (χ4v) is 3.02. The fraction of sp³-hybridized carbons (Fsp3) is 0.647. The van der Waals surface area contributed by atoms with E-state index in [1.165, 1.54) is 44.3 Å². The molecule has 0 aliphatic carbocycles. The van der Waals surface area contributed by atoms with Crippen LogP contribution in [0.25, 0.3) is 0 Å². The van der Waals surface area contributed by atoms with Gasteiger partial charge in [0.05, 0.1) is 12.6 Å². The monoisotopic (exact) mass is 276 g/mol. The summed E-state index contributed by atoms with van der Waals surface area (Å²) in [6.07, 6.45) is 6.30. The maximum absolute atomic E-state index is 6.71. The van der Waals surface area contributed by atoms with Gasteiger partial charge in [0.15, 0.2) is 0 Å². The van der Waals surface area contributed by atoms with Gasteiger partial charge in [0.2, 0.25) is 0 Å². The van der Waals surface area contributed by atoms with Gasteiger partial charge >= 0.3 is 0 Å². The standard InChI is InChI=1S/C17H28N2O/c1-3-17(18,14-19-12-6-4-5-7-13-19)15-8-10-16(20-2)11-9-15/h8-11H,3-7,12-14,18H2,1-2H3. The normalized spacial score (nSPS) is 20.1. The van der Waals surface area contributed by atoms with Gasteiger partial charge in [-0.25, -0.2) is 0 Å². The van der Waals surface area contributed by atoms with E-state index in [2.05, 4.69) is 24.0 Å². The second-order valence-corrected chi connectivity index (χ2v) is 5.93. The van der Waals surface area contributed by atoms with E-state index in [1.807, 2.05) is 12.1 Å². The Balaban J connectivity index is 2.09. The highest BCUT2D eigenvalue weighted by Gasteiger charge is 2.28. The summed E-state index contributed by atoms with van der Waals surface area (Å²) in [5, 5.41) is 0. The Morgan fingerprint density at radius 3 is 2.20 bits per heavy atom. The molecule has 0 bridgehead atoms. The molecule has 1 saturated heterocycles. The number of nitrogens with zero attached hydrogens (tertiary/aromatic N) is 1. The van der Waals surface area contributed by atoms with Gasteiger partial charge in [-0.05, 0) is 50.0 Å². The van der Waals surface area contributed by atoms with Crippen LogP contribution in [0.1, 0.15) is 44.6 Å². The van der Waals surface area contributed by atoms with Gasteiger partial charge in [0.25, 0.3) is 0 Å². The molecule has 0 aromatic heterocycles. The molecule has 0 radical (unpaired) electrons. The van der Waals surface area contributed by atoms with E-state index >= 15 is 0 Å². The lowest BCUT2D eigenvalue weighted by atomic mass is 9.87. The third-order valence-corrected chi connectivity index (χ3v) is 4.50. The van der Waals surface area contributed by atoms with Crippen molar-refractivity contribution in [2.24, 2.45) is 5.73 Å². The summed E-state index contributed by atoms with van der Waals surface area (Å²) in [6.45, 7) is 5.52. The molecule has 1 heterocycles. The van der Waals surface area contributed by atoms with Gasteiger partial charge < -0.3 is 15.4 Å². The lowest BCUT2D eigenvalue weighted by molar-refractivity contribution is 0.209. The summed E-state index contributed by atoms with van der Waals surface area (Å²) in [5.41, 5.74) is 7.67. The van der Waals surface area contributed by atoms with Crippen LogP contribution in [0.15, 0.2) is 24.3 Å². The van der Waals surface area contributed by atoms with E-state index in [0.29, 0.717) is 0 Å². The zero-order valence-corrected chi connectivity index (χ0v) is 12.9. The Morgan fingerprint density at radius 2 is 1.70 bits per heavy atom. The Morgan fingerprint density at radius 1 is 1.10 bits per heavy atom. The molecule has 112 valence electrons. The summed E-state index contributed by atoms with van der Waals surface area (Å²) in [6, 6.07) is 8.24. The summed E-state index contributed by atoms with van der Waals surface area (Å²) in [7, 11) is 1.70. The average molecular weight is 276 g/mol. The molecule has 0 saturated carbocycles. The molecule has 2 N–H and O–H groups in total. The van der Waals surface area contributed by atoms with Crippen molar-refractivity contribution < 1.29 is 4.74 Å². The Labute approximate surface area is 123 Å². The van der Waals surface area contributed by atoms with Gasteiger partial charge in [-0.2, -0.15) is 0 Å². The number of hydrogen-bond acceptors (Lipinski definition) is 3. The Kier molecular flexibility index (Phi) is 5.44. The van der Waals surface area contributed by atoms with Gasteiger partial charge in [0, 0.05) is 6.54 Å². The van der Waals surface area contributed by atoms with Crippen LogP contribution in [-0.4, -0.2) is 31.6 Å². The number of hydrogen-bond donors (Lipinski definition) is 1. The number of benzene rings is 1. The molecule has 1 aliphatic rings. The van der Waals surface area contributed by atoms with Crippen molar-refractivity contribution in [2.45, 2.75) is 44.6 Å². The summed E-state index contributed by atoms with van der Waals surface area (Å²) < 4.78 is 5.23. The highest BCUT2D eigenvalue weighted by atomic mass is 16.5. The van der Waals surface area contributed by atoms with Crippen molar-refractivity contribution in [3.05, 3.63) is 29.8 Å². The number of ether oxygens (including phenoxy) is 1. The van der Waals surface area contributed by atoms with Crippen LogP contribution < -0.4 is 10.5 Å². The molecule has 20 heavy (non-hydrogen) atoms. The maximum atomic E-state index is 6.71. The lowest BCUT2D eigenvalue weighted by Crippen LogP contribution is -2.47. The first-order chi connectivity index (χ1) is 9.68. The van der Waals surface area contributed by atoms with Crippen LogP contribution in [0.5, 0.6) is 5.75 Å². The summed E-state index contributed by atoms with van der Waals surface area (Å²) >= 11 is 0. The minimum atomic E-state index is -0.253. The molecule has 0 spiro atoms. The zero-order chi connectivity index (χ0) is 14.4. The predicted molar refractivity (Wildman–Crippen MR) is 84.1 cm³/mol. The predicted octanol–water partition coefficient (Wildman–Crippen LogP) is 3.14. The molecular formula is C17H28N2O. The molecule has 1 atom stereocenters. The number of methoxy groups -OCH3 is 1.